The molecule has 0 spiro atoms. The van der Waals surface area contributed by atoms with E-state index in [-0.39, 0.29) is 28.6 Å². The van der Waals surface area contributed by atoms with Gasteiger partial charge < -0.3 is 11.1 Å². The number of quaternary nitrogens is 1. The van der Waals surface area contributed by atoms with Gasteiger partial charge >= 0.3 is 0 Å². The van der Waals surface area contributed by atoms with Crippen molar-refractivity contribution in [3.05, 3.63) is 12.2 Å². The quantitative estimate of drug-likeness (QED) is 0.359. The summed E-state index contributed by atoms with van der Waals surface area (Å²) < 4.78 is 0. The fraction of sp³-hybridized carbons (Fsp3) is 0.800. The van der Waals surface area contributed by atoms with Crippen molar-refractivity contribution in [3.63, 3.8) is 0 Å². The number of likely N-dealkylation sites (tertiary alicyclic amines) is 1. The number of amides is 2. The molecule has 0 bridgehead atoms. The first-order valence-electron chi connectivity index (χ1n) is 9.46. The van der Waals surface area contributed by atoms with Gasteiger partial charge in [-0.2, -0.15) is 0 Å². The van der Waals surface area contributed by atoms with Crippen LogP contribution in [0.25, 0.3) is 0 Å². The normalized spacial score (nSPS) is 19.0. The highest BCUT2D eigenvalue weighted by molar-refractivity contribution is 6.03. The lowest BCUT2D eigenvalue weighted by atomic mass is 9.72. The van der Waals surface area contributed by atoms with Crippen LogP contribution in [0.5, 0.6) is 0 Å². The molecule has 1 saturated heterocycles. The molecule has 1 rings (SSSR count). The van der Waals surface area contributed by atoms with E-state index in [1.807, 2.05) is 0 Å². The molecule has 1 atom stereocenters. The van der Waals surface area contributed by atoms with Crippen molar-refractivity contribution in [2.24, 2.45) is 16.7 Å². The number of nitrogens with zero attached hydrogens (tertiary/aromatic N) is 1. The Balaban J connectivity index is 2.52. The van der Waals surface area contributed by atoms with Crippen LogP contribution in [0.15, 0.2) is 12.2 Å². The molecule has 0 aliphatic carbocycles. The van der Waals surface area contributed by atoms with Crippen molar-refractivity contribution in [1.82, 2.24) is 10.2 Å². The van der Waals surface area contributed by atoms with Gasteiger partial charge in [-0.3, -0.25) is 14.5 Å². The number of carbonyl (C=O) groups is 2. The Morgan fingerprint density at radius 3 is 2.44 bits per heavy atom. The Kier molecular flexibility index (Phi) is 7.82. The third-order valence-corrected chi connectivity index (χ3v) is 4.48. The van der Waals surface area contributed by atoms with Gasteiger partial charge in [0.15, 0.2) is 0 Å². The molecule has 0 aromatic rings. The first-order valence-corrected chi connectivity index (χ1v) is 9.46. The minimum Gasteiger partial charge on any atom is -0.357 e. The average Bonchev–Trinajstić information content (AvgIpc) is 2.66. The largest absolute Gasteiger partial charge is 0.357 e. The monoisotopic (exact) mass is 352 g/mol. The number of hydrogen-bond donors (Lipinski definition) is 2. The summed E-state index contributed by atoms with van der Waals surface area (Å²) in [5.74, 6) is -0.303. The van der Waals surface area contributed by atoms with Gasteiger partial charge in [0.2, 0.25) is 11.8 Å². The molecule has 4 N–H and O–H groups in total. The highest BCUT2D eigenvalue weighted by atomic mass is 16.2. The SMILES string of the molecule is C=C(CC1CC(=O)N(CCNCC[NH3+])C1=O)CC(C)(C)CC(C)(C)C. The van der Waals surface area contributed by atoms with Gasteiger partial charge in [0.1, 0.15) is 0 Å². The van der Waals surface area contributed by atoms with E-state index in [1.165, 1.54) is 4.90 Å². The van der Waals surface area contributed by atoms with Crippen molar-refractivity contribution in [1.29, 1.82) is 0 Å². The van der Waals surface area contributed by atoms with Gasteiger partial charge in [0, 0.05) is 26.1 Å². The smallest absolute Gasteiger partial charge is 0.233 e. The molecule has 2 amide bonds. The molecule has 0 aromatic carbocycles. The zero-order chi connectivity index (χ0) is 19.3. The molecule has 1 aliphatic rings. The average molecular weight is 353 g/mol. The van der Waals surface area contributed by atoms with Gasteiger partial charge in [-0.25, -0.2) is 0 Å². The van der Waals surface area contributed by atoms with Crippen LogP contribution in [0.2, 0.25) is 0 Å². The third-order valence-electron chi connectivity index (χ3n) is 4.48. The van der Waals surface area contributed by atoms with Crippen molar-refractivity contribution in [3.8, 4) is 0 Å². The summed E-state index contributed by atoms with van der Waals surface area (Å²) in [5.41, 5.74) is 5.26. The number of hydrogen-bond acceptors (Lipinski definition) is 3. The lowest BCUT2D eigenvalue weighted by molar-refractivity contribution is -0.365. The molecule has 0 radical (unpaired) electrons. The third kappa shape index (κ3) is 7.70. The van der Waals surface area contributed by atoms with E-state index in [1.54, 1.807) is 0 Å². The highest BCUT2D eigenvalue weighted by Gasteiger charge is 2.38. The number of imide groups is 1. The summed E-state index contributed by atoms with van der Waals surface area (Å²) in [6, 6.07) is 0. The van der Waals surface area contributed by atoms with Crippen LogP contribution in [-0.2, 0) is 9.59 Å². The topological polar surface area (TPSA) is 77.1 Å². The summed E-state index contributed by atoms with van der Waals surface area (Å²) in [5, 5.41) is 3.19. The molecule has 1 aliphatic heterocycles. The van der Waals surface area contributed by atoms with Gasteiger partial charge in [0.25, 0.3) is 0 Å². The van der Waals surface area contributed by atoms with E-state index in [9.17, 15) is 9.59 Å². The lowest BCUT2D eigenvalue weighted by Gasteiger charge is -2.33. The zero-order valence-corrected chi connectivity index (χ0v) is 16.9. The van der Waals surface area contributed by atoms with E-state index in [2.05, 4.69) is 52.2 Å². The van der Waals surface area contributed by atoms with Crippen molar-refractivity contribution < 1.29 is 15.3 Å². The molecular weight excluding hydrogens is 314 g/mol. The maximum Gasteiger partial charge on any atom is 0.233 e. The fourth-order valence-corrected chi connectivity index (χ4v) is 4.18. The molecule has 0 saturated carbocycles. The maximum atomic E-state index is 12.5. The molecule has 1 heterocycles. The van der Waals surface area contributed by atoms with Crippen LogP contribution in [0.3, 0.4) is 0 Å². The molecule has 0 aromatic heterocycles. The first kappa shape index (κ1) is 21.8. The molecule has 144 valence electrons. The number of carbonyl (C=O) groups excluding carboxylic acids is 2. The second-order valence-electron chi connectivity index (χ2n) is 9.42. The van der Waals surface area contributed by atoms with Crippen molar-refractivity contribution in [2.75, 3.05) is 26.2 Å². The Bertz CT molecular complexity index is 492. The predicted molar refractivity (Wildman–Crippen MR) is 102 cm³/mol. The summed E-state index contributed by atoms with van der Waals surface area (Å²) >= 11 is 0. The van der Waals surface area contributed by atoms with Crippen molar-refractivity contribution in [2.45, 2.75) is 60.3 Å². The van der Waals surface area contributed by atoms with Gasteiger partial charge in [0.05, 0.1) is 12.5 Å². The van der Waals surface area contributed by atoms with Crippen LogP contribution in [-0.4, -0.2) is 42.9 Å². The Morgan fingerprint density at radius 1 is 1.24 bits per heavy atom. The first-order chi connectivity index (χ1) is 11.4. The van der Waals surface area contributed by atoms with Crippen LogP contribution in [0.4, 0.5) is 0 Å². The number of nitrogens with one attached hydrogen (secondary N) is 1. The van der Waals surface area contributed by atoms with Gasteiger partial charge in [-0.05, 0) is 30.1 Å². The van der Waals surface area contributed by atoms with Crippen LogP contribution >= 0.6 is 0 Å². The number of allylic oxidation sites excluding steroid dienone is 1. The van der Waals surface area contributed by atoms with E-state index in [0.29, 0.717) is 25.9 Å². The molecule has 1 unspecified atom stereocenters. The van der Waals surface area contributed by atoms with Crippen LogP contribution < -0.4 is 11.1 Å². The van der Waals surface area contributed by atoms with E-state index in [0.717, 1.165) is 31.5 Å². The van der Waals surface area contributed by atoms with E-state index in [4.69, 9.17) is 0 Å². The molecule has 5 heteroatoms. The Morgan fingerprint density at radius 2 is 1.88 bits per heavy atom. The lowest BCUT2D eigenvalue weighted by Crippen LogP contribution is -2.54. The van der Waals surface area contributed by atoms with Gasteiger partial charge in [-0.15, -0.1) is 0 Å². The van der Waals surface area contributed by atoms with E-state index >= 15 is 0 Å². The fourth-order valence-electron chi connectivity index (χ4n) is 4.18. The highest BCUT2D eigenvalue weighted by Crippen LogP contribution is 2.39. The maximum absolute atomic E-state index is 12.5. The van der Waals surface area contributed by atoms with Crippen LogP contribution in [0.1, 0.15) is 60.3 Å². The number of rotatable bonds is 10. The second-order valence-corrected chi connectivity index (χ2v) is 9.42. The van der Waals surface area contributed by atoms with Crippen molar-refractivity contribution >= 4 is 11.8 Å². The standard InChI is InChI=1S/C20H37N3O2/c1-15(13-20(5,6)14-19(2,3)4)11-16-12-17(24)23(18(16)25)10-9-22-8-7-21/h16,22H,1,7-14,21H2,2-6H3/p+1. The molecular formula is C20H38N3O2+. The molecule has 5 nitrogen and oxygen atoms in total. The summed E-state index contributed by atoms with van der Waals surface area (Å²) in [6.45, 7) is 18.2. The van der Waals surface area contributed by atoms with Crippen LogP contribution in [0, 0.1) is 16.7 Å². The molecule has 25 heavy (non-hydrogen) atoms. The Labute approximate surface area is 153 Å². The summed E-state index contributed by atoms with van der Waals surface area (Å²) in [7, 11) is 0. The van der Waals surface area contributed by atoms with Gasteiger partial charge in [-0.1, -0.05) is 46.8 Å². The minimum atomic E-state index is -0.224. The predicted octanol–water partition coefficient (Wildman–Crippen LogP) is 1.99. The Hall–Kier alpha value is -1.20. The summed E-state index contributed by atoms with van der Waals surface area (Å²) in [4.78, 5) is 26.1. The second kappa shape index (κ2) is 8.95. The molecule has 1 fully saturated rings. The van der Waals surface area contributed by atoms with E-state index < -0.39 is 0 Å². The minimum absolute atomic E-state index is 0.0313. The summed E-state index contributed by atoms with van der Waals surface area (Å²) in [6.07, 6.45) is 2.95. The zero-order valence-electron chi connectivity index (χ0n) is 16.9.